The van der Waals surface area contributed by atoms with Crippen LogP contribution in [0.4, 0.5) is 10.5 Å². The maximum absolute atomic E-state index is 12.7. The van der Waals surface area contributed by atoms with Gasteiger partial charge in [0.25, 0.3) is 11.2 Å². The smallest absolute Gasteiger partial charge is 0.433 e. The summed E-state index contributed by atoms with van der Waals surface area (Å²) in [6, 6.07) is 12.9. The normalized spacial score (nSPS) is 10.8. The fourth-order valence-electron chi connectivity index (χ4n) is 2.63. The summed E-state index contributed by atoms with van der Waals surface area (Å²) in [7, 11) is 0. The zero-order valence-electron chi connectivity index (χ0n) is 13.4. The number of nitrogens with zero attached hydrogens (tertiary/aromatic N) is 3. The van der Waals surface area contributed by atoms with Crippen LogP contribution >= 0.6 is 0 Å². The number of hydrogen-bond acceptors (Lipinski definition) is 5. The monoisotopic (exact) mass is 341 g/mol. The van der Waals surface area contributed by atoms with Crippen LogP contribution in [0.3, 0.4) is 0 Å². The molecule has 0 saturated heterocycles. The van der Waals surface area contributed by atoms with Gasteiger partial charge in [0.1, 0.15) is 0 Å². The van der Waals surface area contributed by atoms with Gasteiger partial charge in [-0.2, -0.15) is 4.68 Å². The Hall–Kier alpha value is -3.42. The summed E-state index contributed by atoms with van der Waals surface area (Å²) in [6.07, 6.45) is -0.709. The van der Waals surface area contributed by atoms with E-state index in [0.717, 1.165) is 10.2 Å². The summed E-state index contributed by atoms with van der Waals surface area (Å²) in [5.41, 5.74) is 0.380. The molecule has 0 N–H and O–H groups in total. The van der Waals surface area contributed by atoms with Crippen LogP contribution in [0.5, 0.6) is 0 Å². The molecule has 3 aromatic rings. The Balaban J connectivity index is 2.23. The Kier molecular flexibility index (Phi) is 4.34. The average Bonchev–Trinajstić information content (AvgIpc) is 2.88. The van der Waals surface area contributed by atoms with Crippen molar-refractivity contribution in [1.82, 2.24) is 9.36 Å². The molecule has 0 amide bonds. The largest absolute Gasteiger partial charge is 0.448 e. The zero-order chi connectivity index (χ0) is 18.0. The van der Waals surface area contributed by atoms with E-state index in [0.29, 0.717) is 0 Å². The number of aromatic nitrogens is 2. The Morgan fingerprint density at radius 1 is 1.20 bits per heavy atom. The van der Waals surface area contributed by atoms with Gasteiger partial charge < -0.3 is 4.74 Å². The van der Waals surface area contributed by atoms with Gasteiger partial charge in [-0.15, -0.1) is 0 Å². The van der Waals surface area contributed by atoms with Gasteiger partial charge >= 0.3 is 6.09 Å². The molecule has 0 aliphatic rings. The number of ether oxygens (including phenoxy) is 1. The van der Waals surface area contributed by atoms with Crippen molar-refractivity contribution < 1.29 is 14.5 Å². The maximum atomic E-state index is 12.7. The summed E-state index contributed by atoms with van der Waals surface area (Å²) in [4.78, 5) is 35.5. The predicted octanol–water partition coefficient (Wildman–Crippen LogP) is 2.76. The van der Waals surface area contributed by atoms with Crippen molar-refractivity contribution in [2.24, 2.45) is 0 Å². The number of carbonyl (C=O) groups is 1. The molecule has 0 saturated carbocycles. The quantitative estimate of drug-likeness (QED) is 0.537. The molecular weight excluding hydrogens is 326 g/mol. The van der Waals surface area contributed by atoms with Crippen LogP contribution in [0.25, 0.3) is 10.9 Å². The number of rotatable bonds is 4. The molecule has 0 atom stereocenters. The summed E-state index contributed by atoms with van der Waals surface area (Å²) >= 11 is 0. The second kappa shape index (κ2) is 6.60. The number of nitro groups is 1. The SMILES string of the molecule is CCOC(=O)n1c2ccc([N+](=O)[O-])cc2c(=O)n1Cc1ccccc1. The molecule has 8 nitrogen and oxygen atoms in total. The Morgan fingerprint density at radius 3 is 2.56 bits per heavy atom. The van der Waals surface area contributed by atoms with E-state index in [-0.39, 0.29) is 29.7 Å². The van der Waals surface area contributed by atoms with Gasteiger partial charge in [-0.25, -0.2) is 9.48 Å². The third kappa shape index (κ3) is 3.01. The van der Waals surface area contributed by atoms with Gasteiger partial charge in [-0.1, -0.05) is 30.3 Å². The lowest BCUT2D eigenvalue weighted by atomic mass is 10.2. The highest BCUT2D eigenvalue weighted by atomic mass is 16.6. The van der Waals surface area contributed by atoms with Gasteiger partial charge in [-0.05, 0) is 18.6 Å². The fourth-order valence-corrected chi connectivity index (χ4v) is 2.63. The van der Waals surface area contributed by atoms with E-state index in [1.54, 1.807) is 6.92 Å². The first-order chi connectivity index (χ1) is 12.0. The van der Waals surface area contributed by atoms with Crippen molar-refractivity contribution in [2.45, 2.75) is 13.5 Å². The number of hydrogen-bond donors (Lipinski definition) is 0. The third-order valence-corrected chi connectivity index (χ3v) is 3.74. The highest BCUT2D eigenvalue weighted by molar-refractivity contribution is 5.89. The van der Waals surface area contributed by atoms with Crippen LogP contribution in [0, 0.1) is 10.1 Å². The van der Waals surface area contributed by atoms with Crippen molar-refractivity contribution in [3.8, 4) is 0 Å². The van der Waals surface area contributed by atoms with E-state index in [4.69, 9.17) is 4.74 Å². The molecule has 0 bridgehead atoms. The van der Waals surface area contributed by atoms with Crippen LogP contribution in [0.2, 0.25) is 0 Å². The molecular formula is C17H15N3O5. The molecule has 2 aromatic carbocycles. The Morgan fingerprint density at radius 2 is 1.92 bits per heavy atom. The Bertz CT molecular complexity index is 1000. The molecule has 3 rings (SSSR count). The topological polar surface area (TPSA) is 96.4 Å². The first-order valence-corrected chi connectivity index (χ1v) is 7.64. The van der Waals surface area contributed by atoms with Crippen LogP contribution in [0.15, 0.2) is 53.3 Å². The van der Waals surface area contributed by atoms with Crippen LogP contribution < -0.4 is 5.56 Å². The molecule has 25 heavy (non-hydrogen) atoms. The molecule has 0 aliphatic heterocycles. The molecule has 0 spiro atoms. The second-order valence-electron chi connectivity index (χ2n) is 5.32. The molecule has 8 heteroatoms. The van der Waals surface area contributed by atoms with E-state index < -0.39 is 16.6 Å². The number of non-ortho nitro benzene ring substituents is 1. The van der Waals surface area contributed by atoms with Gasteiger partial charge in [0.05, 0.1) is 29.0 Å². The van der Waals surface area contributed by atoms with E-state index in [2.05, 4.69) is 0 Å². The fraction of sp³-hybridized carbons (Fsp3) is 0.176. The minimum absolute atomic E-state index is 0.0955. The van der Waals surface area contributed by atoms with Crippen molar-refractivity contribution >= 4 is 22.7 Å². The lowest BCUT2D eigenvalue weighted by molar-refractivity contribution is -0.384. The first kappa shape index (κ1) is 16.4. The minimum Gasteiger partial charge on any atom is -0.448 e. The summed E-state index contributed by atoms with van der Waals surface area (Å²) in [6.45, 7) is 1.94. The molecule has 0 fully saturated rings. The first-order valence-electron chi connectivity index (χ1n) is 7.64. The van der Waals surface area contributed by atoms with Crippen molar-refractivity contribution in [3.05, 3.63) is 74.6 Å². The zero-order valence-corrected chi connectivity index (χ0v) is 13.4. The standard InChI is InChI=1S/C17H15N3O5/c1-2-25-17(22)19-15-9-8-13(20(23)24)10-14(15)16(21)18(19)11-12-6-4-3-5-7-12/h3-10H,2,11H2,1H3. The van der Waals surface area contributed by atoms with Gasteiger partial charge in [0.2, 0.25) is 0 Å². The molecule has 1 heterocycles. The summed E-state index contributed by atoms with van der Waals surface area (Å²) < 4.78 is 7.38. The summed E-state index contributed by atoms with van der Waals surface area (Å²) in [5.74, 6) is 0. The van der Waals surface area contributed by atoms with Crippen LogP contribution in [0.1, 0.15) is 12.5 Å². The maximum Gasteiger partial charge on any atom is 0.433 e. The van der Waals surface area contributed by atoms with Crippen LogP contribution in [-0.4, -0.2) is 27.0 Å². The third-order valence-electron chi connectivity index (χ3n) is 3.74. The number of fused-ring (bicyclic) bond motifs is 1. The molecule has 1 aromatic heterocycles. The van der Waals surface area contributed by atoms with Crippen molar-refractivity contribution in [1.29, 1.82) is 0 Å². The van der Waals surface area contributed by atoms with Gasteiger partial charge in [-0.3, -0.25) is 14.9 Å². The lowest BCUT2D eigenvalue weighted by Crippen LogP contribution is -2.28. The molecule has 0 aliphatic carbocycles. The van der Waals surface area contributed by atoms with Crippen molar-refractivity contribution in [2.75, 3.05) is 6.61 Å². The molecule has 0 radical (unpaired) electrons. The molecule has 128 valence electrons. The highest BCUT2D eigenvalue weighted by Gasteiger charge is 2.21. The van der Waals surface area contributed by atoms with Gasteiger partial charge in [0, 0.05) is 12.1 Å². The molecule has 0 unspecified atom stereocenters. The number of carbonyl (C=O) groups excluding carboxylic acids is 1. The van der Waals surface area contributed by atoms with E-state index >= 15 is 0 Å². The van der Waals surface area contributed by atoms with Crippen molar-refractivity contribution in [3.63, 3.8) is 0 Å². The van der Waals surface area contributed by atoms with E-state index in [1.807, 2.05) is 30.3 Å². The average molecular weight is 341 g/mol. The van der Waals surface area contributed by atoms with E-state index in [1.165, 1.54) is 22.9 Å². The second-order valence-corrected chi connectivity index (χ2v) is 5.32. The van der Waals surface area contributed by atoms with E-state index in [9.17, 15) is 19.7 Å². The summed E-state index contributed by atoms with van der Waals surface area (Å²) in [5, 5.41) is 11.1. The minimum atomic E-state index is -0.709. The number of nitro benzene ring substituents is 1. The Labute approximate surface area is 142 Å². The van der Waals surface area contributed by atoms with Gasteiger partial charge in [0.15, 0.2) is 0 Å². The lowest BCUT2D eigenvalue weighted by Gasteiger charge is -2.11. The number of benzene rings is 2. The highest BCUT2D eigenvalue weighted by Crippen LogP contribution is 2.20. The van der Waals surface area contributed by atoms with Crippen LogP contribution in [-0.2, 0) is 11.3 Å². The predicted molar refractivity (Wildman–Crippen MR) is 90.8 cm³/mol.